The maximum Gasteiger partial charge on any atom is 0.253 e. The average Bonchev–Trinajstić information content (AvgIpc) is 3.59. The van der Waals surface area contributed by atoms with Crippen molar-refractivity contribution in [2.24, 2.45) is 0 Å². The molecule has 1 N–H and O–H groups in total. The minimum absolute atomic E-state index is 0.196. The zero-order chi connectivity index (χ0) is 26.9. The van der Waals surface area contributed by atoms with Crippen LogP contribution in [0, 0.1) is 6.92 Å². The second kappa shape index (κ2) is 10.6. The van der Waals surface area contributed by atoms with Crippen LogP contribution in [0.3, 0.4) is 0 Å². The standard InChI is InChI=1S/C29H31ClN6O2/c1-5-29(3,4)36-27(32-33-34-36)26(23-16-21-15-19(2)12-13-25(21)31-28(23)37)35(18-22-10-8-14-38-22)17-20-9-6-7-11-24(20)30/h6-16,26H,5,17-18H2,1-4H3,(H,31,37). The van der Waals surface area contributed by atoms with Crippen LogP contribution in [0.1, 0.15) is 61.5 Å². The van der Waals surface area contributed by atoms with Crippen LogP contribution >= 0.6 is 11.6 Å². The summed E-state index contributed by atoms with van der Waals surface area (Å²) in [7, 11) is 0. The van der Waals surface area contributed by atoms with Gasteiger partial charge in [0.15, 0.2) is 5.82 Å². The molecule has 0 fully saturated rings. The van der Waals surface area contributed by atoms with E-state index in [0.717, 1.165) is 34.2 Å². The lowest BCUT2D eigenvalue weighted by Crippen LogP contribution is -2.38. The Kier molecular flexibility index (Phi) is 7.19. The van der Waals surface area contributed by atoms with E-state index in [1.54, 1.807) is 6.26 Å². The summed E-state index contributed by atoms with van der Waals surface area (Å²) in [6, 6.07) is 18.8. The van der Waals surface area contributed by atoms with Gasteiger partial charge in [0.25, 0.3) is 5.56 Å². The molecule has 0 aliphatic heterocycles. The lowest BCUT2D eigenvalue weighted by atomic mass is 9.98. The molecule has 8 nitrogen and oxygen atoms in total. The molecule has 0 aliphatic rings. The summed E-state index contributed by atoms with van der Waals surface area (Å²) in [5, 5.41) is 14.5. The number of aromatic nitrogens is 5. The van der Waals surface area contributed by atoms with Gasteiger partial charge in [0.2, 0.25) is 0 Å². The van der Waals surface area contributed by atoms with Crippen molar-refractivity contribution in [2.75, 3.05) is 0 Å². The Morgan fingerprint density at radius 3 is 2.66 bits per heavy atom. The van der Waals surface area contributed by atoms with E-state index in [2.05, 4.69) is 52.2 Å². The van der Waals surface area contributed by atoms with E-state index >= 15 is 0 Å². The summed E-state index contributed by atoms with van der Waals surface area (Å²) in [6.45, 7) is 9.15. The van der Waals surface area contributed by atoms with E-state index < -0.39 is 6.04 Å². The number of hydrogen-bond donors (Lipinski definition) is 1. The summed E-state index contributed by atoms with van der Waals surface area (Å²) in [5.41, 5.74) is 2.78. The van der Waals surface area contributed by atoms with Crippen molar-refractivity contribution in [3.8, 4) is 0 Å². The number of furan rings is 1. The molecule has 0 aliphatic carbocycles. The van der Waals surface area contributed by atoms with Crippen molar-refractivity contribution >= 4 is 22.5 Å². The van der Waals surface area contributed by atoms with Crippen molar-refractivity contribution in [3.63, 3.8) is 0 Å². The highest BCUT2D eigenvalue weighted by atomic mass is 35.5. The molecule has 1 unspecified atom stereocenters. The topological polar surface area (TPSA) is 92.8 Å². The van der Waals surface area contributed by atoms with Gasteiger partial charge in [-0.3, -0.25) is 9.69 Å². The molecule has 2 aromatic carbocycles. The van der Waals surface area contributed by atoms with E-state index in [9.17, 15) is 4.79 Å². The fourth-order valence-corrected chi connectivity index (χ4v) is 4.87. The molecule has 5 rings (SSSR count). The number of halogens is 1. The number of tetrazole rings is 1. The maximum absolute atomic E-state index is 13.7. The number of aromatic amines is 1. The van der Waals surface area contributed by atoms with Crippen LogP contribution in [0.5, 0.6) is 0 Å². The van der Waals surface area contributed by atoms with E-state index in [0.29, 0.717) is 29.5 Å². The van der Waals surface area contributed by atoms with E-state index in [1.165, 1.54) is 0 Å². The summed E-state index contributed by atoms with van der Waals surface area (Å²) < 4.78 is 7.58. The first-order valence-corrected chi connectivity index (χ1v) is 13.1. The van der Waals surface area contributed by atoms with Crippen molar-refractivity contribution < 1.29 is 4.42 Å². The Morgan fingerprint density at radius 1 is 1.11 bits per heavy atom. The lowest BCUT2D eigenvalue weighted by molar-refractivity contribution is 0.168. The van der Waals surface area contributed by atoms with Crippen LogP contribution in [-0.4, -0.2) is 30.1 Å². The van der Waals surface area contributed by atoms with Crippen LogP contribution in [-0.2, 0) is 18.6 Å². The molecule has 5 aromatic rings. The van der Waals surface area contributed by atoms with Crippen LogP contribution in [0.25, 0.3) is 10.9 Å². The van der Waals surface area contributed by atoms with Crippen molar-refractivity contribution in [3.05, 3.63) is 111 Å². The van der Waals surface area contributed by atoms with Gasteiger partial charge >= 0.3 is 0 Å². The zero-order valence-electron chi connectivity index (χ0n) is 22.0. The number of rotatable bonds is 9. The van der Waals surface area contributed by atoms with Crippen molar-refractivity contribution in [1.82, 2.24) is 30.1 Å². The number of fused-ring (bicyclic) bond motifs is 1. The van der Waals surface area contributed by atoms with E-state index in [1.807, 2.05) is 66.2 Å². The van der Waals surface area contributed by atoms with Gasteiger partial charge in [-0.15, -0.1) is 5.10 Å². The van der Waals surface area contributed by atoms with Gasteiger partial charge in [-0.2, -0.15) is 0 Å². The molecule has 0 radical (unpaired) electrons. The number of pyridine rings is 1. The van der Waals surface area contributed by atoms with Crippen LogP contribution < -0.4 is 5.56 Å². The highest BCUT2D eigenvalue weighted by molar-refractivity contribution is 6.31. The molecule has 0 saturated carbocycles. The summed E-state index contributed by atoms with van der Waals surface area (Å²) in [5.74, 6) is 1.33. The van der Waals surface area contributed by atoms with Gasteiger partial charge in [0, 0.05) is 22.6 Å². The Bertz CT molecular complexity index is 1610. The third-order valence-corrected chi connectivity index (χ3v) is 7.50. The first-order valence-electron chi connectivity index (χ1n) is 12.7. The van der Waals surface area contributed by atoms with Crippen LogP contribution in [0.4, 0.5) is 0 Å². The minimum Gasteiger partial charge on any atom is -0.468 e. The van der Waals surface area contributed by atoms with Gasteiger partial charge in [-0.05, 0) is 85.0 Å². The molecule has 3 aromatic heterocycles. The van der Waals surface area contributed by atoms with Crippen molar-refractivity contribution in [2.45, 2.75) is 58.8 Å². The highest BCUT2D eigenvalue weighted by Crippen LogP contribution is 2.33. The largest absolute Gasteiger partial charge is 0.468 e. The molecule has 0 spiro atoms. The quantitative estimate of drug-likeness (QED) is 0.251. The Morgan fingerprint density at radius 2 is 1.92 bits per heavy atom. The van der Waals surface area contributed by atoms with E-state index in [4.69, 9.17) is 16.0 Å². The number of benzene rings is 2. The number of nitrogens with one attached hydrogen (secondary N) is 1. The van der Waals surface area contributed by atoms with E-state index in [-0.39, 0.29) is 11.1 Å². The molecule has 38 heavy (non-hydrogen) atoms. The second-order valence-electron chi connectivity index (χ2n) is 10.2. The predicted molar refractivity (Wildman–Crippen MR) is 148 cm³/mol. The highest BCUT2D eigenvalue weighted by Gasteiger charge is 2.35. The molecule has 0 saturated heterocycles. The molecule has 0 amide bonds. The van der Waals surface area contributed by atoms with Crippen molar-refractivity contribution in [1.29, 1.82) is 0 Å². The van der Waals surface area contributed by atoms with Crippen LogP contribution in [0.2, 0.25) is 5.02 Å². The van der Waals surface area contributed by atoms with Gasteiger partial charge in [-0.25, -0.2) is 4.68 Å². The monoisotopic (exact) mass is 530 g/mol. The average molecular weight is 531 g/mol. The fourth-order valence-electron chi connectivity index (χ4n) is 4.68. The van der Waals surface area contributed by atoms with Gasteiger partial charge < -0.3 is 9.40 Å². The van der Waals surface area contributed by atoms with Gasteiger partial charge in [0.05, 0.1) is 18.3 Å². The number of aryl methyl sites for hydroxylation is 1. The number of hydrogen-bond acceptors (Lipinski definition) is 6. The summed E-state index contributed by atoms with van der Waals surface area (Å²) >= 11 is 6.62. The van der Waals surface area contributed by atoms with Crippen LogP contribution in [0.15, 0.2) is 76.1 Å². The SMILES string of the molecule is CCC(C)(C)n1nnnc1C(c1cc2cc(C)ccc2[nH]c1=O)N(Cc1ccco1)Cc1ccccc1Cl. The number of H-pyrrole nitrogens is 1. The Labute approximate surface area is 226 Å². The summed E-state index contributed by atoms with van der Waals surface area (Å²) in [6.07, 6.45) is 2.45. The lowest BCUT2D eigenvalue weighted by Gasteiger charge is -2.33. The smallest absolute Gasteiger partial charge is 0.253 e. The maximum atomic E-state index is 13.7. The van der Waals surface area contributed by atoms with Gasteiger partial charge in [0.1, 0.15) is 11.8 Å². The second-order valence-corrected chi connectivity index (χ2v) is 10.6. The first-order chi connectivity index (χ1) is 18.3. The first kappa shape index (κ1) is 25.9. The normalized spacial score (nSPS) is 12.9. The third kappa shape index (κ3) is 5.14. The predicted octanol–water partition coefficient (Wildman–Crippen LogP) is 6.01. The Hall–Kier alpha value is -3.75. The van der Waals surface area contributed by atoms with Gasteiger partial charge in [-0.1, -0.05) is 48.4 Å². The molecule has 196 valence electrons. The molecule has 1 atom stereocenters. The summed E-state index contributed by atoms with van der Waals surface area (Å²) in [4.78, 5) is 18.9. The Balaban J connectivity index is 1.75. The molecule has 9 heteroatoms. The molecular weight excluding hydrogens is 500 g/mol. The minimum atomic E-state index is -0.592. The third-order valence-electron chi connectivity index (χ3n) is 7.14. The zero-order valence-corrected chi connectivity index (χ0v) is 22.7. The molecule has 0 bridgehead atoms. The number of nitrogens with zero attached hydrogens (tertiary/aromatic N) is 5. The fraction of sp³-hybridized carbons (Fsp3) is 0.310. The molecular formula is C29H31ClN6O2. The molecule has 3 heterocycles.